The molecule has 10 heteroatoms. The third-order valence-corrected chi connectivity index (χ3v) is 3.43. The lowest BCUT2D eigenvalue weighted by Gasteiger charge is -2.12. The summed E-state index contributed by atoms with van der Waals surface area (Å²) in [6, 6.07) is 11.3. The number of ether oxygens (including phenoxy) is 3. The Kier molecular flexibility index (Phi) is 9.16. The second kappa shape index (κ2) is 10.8. The van der Waals surface area contributed by atoms with Crippen molar-refractivity contribution in [3.05, 3.63) is 48.0 Å². The quantitative estimate of drug-likeness (QED) is 0.331. The Hall–Kier alpha value is -2.37. The molecular formula is C18H21F3IN3O3. The van der Waals surface area contributed by atoms with Crippen LogP contribution in [0, 0.1) is 0 Å². The number of aliphatic imine (C=N–C) groups is 1. The summed E-state index contributed by atoms with van der Waals surface area (Å²) in [7, 11) is 3.08. The Labute approximate surface area is 177 Å². The van der Waals surface area contributed by atoms with Crippen LogP contribution in [0.15, 0.2) is 47.5 Å². The Balaban J connectivity index is 0.00000392. The van der Waals surface area contributed by atoms with E-state index in [0.717, 1.165) is 5.56 Å². The highest BCUT2D eigenvalue weighted by atomic mass is 127. The Bertz CT molecular complexity index is 784. The van der Waals surface area contributed by atoms with Gasteiger partial charge in [-0.25, -0.2) is 4.99 Å². The van der Waals surface area contributed by atoms with Gasteiger partial charge in [0.25, 0.3) is 0 Å². The minimum Gasteiger partial charge on any atom is -0.497 e. The number of alkyl halides is 3. The van der Waals surface area contributed by atoms with E-state index >= 15 is 0 Å². The number of guanidine groups is 1. The number of hydrogen-bond donors (Lipinski definition) is 2. The topological polar surface area (TPSA) is 78.1 Å². The number of nitrogens with zero attached hydrogens (tertiary/aromatic N) is 1. The number of benzene rings is 2. The van der Waals surface area contributed by atoms with Crippen LogP contribution in [0.4, 0.5) is 18.9 Å². The van der Waals surface area contributed by atoms with Gasteiger partial charge in [-0.1, -0.05) is 12.1 Å². The van der Waals surface area contributed by atoms with E-state index in [9.17, 15) is 13.2 Å². The molecule has 28 heavy (non-hydrogen) atoms. The van der Waals surface area contributed by atoms with Gasteiger partial charge in [-0.2, -0.15) is 13.2 Å². The molecule has 3 N–H and O–H groups in total. The van der Waals surface area contributed by atoms with Gasteiger partial charge in [-0.05, 0) is 29.8 Å². The Morgan fingerprint density at radius 1 is 1.04 bits per heavy atom. The molecule has 0 fully saturated rings. The van der Waals surface area contributed by atoms with Gasteiger partial charge in [0.1, 0.15) is 17.2 Å². The molecule has 0 aliphatic carbocycles. The molecular weight excluding hydrogens is 490 g/mol. The molecule has 154 valence electrons. The third kappa shape index (κ3) is 7.71. The molecule has 0 radical (unpaired) electrons. The van der Waals surface area contributed by atoms with Gasteiger partial charge in [0.2, 0.25) is 0 Å². The van der Waals surface area contributed by atoms with Crippen molar-refractivity contribution in [2.75, 3.05) is 26.1 Å². The summed E-state index contributed by atoms with van der Waals surface area (Å²) in [5.41, 5.74) is 7.24. The summed E-state index contributed by atoms with van der Waals surface area (Å²) in [5, 5.41) is 2.93. The molecule has 0 saturated carbocycles. The lowest BCUT2D eigenvalue weighted by molar-refractivity contribution is -0.153. The second-order valence-corrected chi connectivity index (χ2v) is 5.44. The minimum absolute atomic E-state index is 0. The van der Waals surface area contributed by atoms with Crippen LogP contribution in [-0.4, -0.2) is 33.0 Å². The maximum Gasteiger partial charge on any atom is 0.422 e. The molecule has 2 aromatic carbocycles. The first-order chi connectivity index (χ1) is 12.8. The molecule has 0 aliphatic rings. The zero-order valence-corrected chi connectivity index (χ0v) is 17.6. The van der Waals surface area contributed by atoms with Crippen molar-refractivity contribution in [3.8, 4) is 17.2 Å². The third-order valence-electron chi connectivity index (χ3n) is 3.43. The van der Waals surface area contributed by atoms with Crippen molar-refractivity contribution in [1.82, 2.24) is 0 Å². The number of rotatable bonds is 7. The van der Waals surface area contributed by atoms with E-state index < -0.39 is 12.8 Å². The van der Waals surface area contributed by atoms with Gasteiger partial charge >= 0.3 is 6.18 Å². The van der Waals surface area contributed by atoms with Crippen LogP contribution in [0.3, 0.4) is 0 Å². The van der Waals surface area contributed by atoms with E-state index in [1.165, 1.54) is 19.2 Å². The first-order valence-electron chi connectivity index (χ1n) is 7.88. The van der Waals surface area contributed by atoms with Crippen LogP contribution in [0.25, 0.3) is 0 Å². The molecule has 0 heterocycles. The van der Waals surface area contributed by atoms with E-state index in [4.69, 9.17) is 15.2 Å². The lowest BCUT2D eigenvalue weighted by atomic mass is 10.2. The fraction of sp³-hybridized carbons (Fsp3) is 0.278. The first-order valence-corrected chi connectivity index (χ1v) is 7.88. The highest BCUT2D eigenvalue weighted by Crippen LogP contribution is 2.28. The molecule has 0 amide bonds. The molecule has 0 aromatic heterocycles. The number of halogens is 4. The number of hydrogen-bond acceptors (Lipinski definition) is 4. The van der Waals surface area contributed by atoms with Crippen LogP contribution < -0.4 is 25.3 Å². The normalized spacial score (nSPS) is 11.4. The monoisotopic (exact) mass is 511 g/mol. The number of anilines is 1. The average molecular weight is 511 g/mol. The van der Waals surface area contributed by atoms with Crippen molar-refractivity contribution in [2.24, 2.45) is 10.7 Å². The number of methoxy groups -OCH3 is 2. The van der Waals surface area contributed by atoms with E-state index in [0.29, 0.717) is 17.2 Å². The predicted octanol–water partition coefficient (Wildman–Crippen LogP) is 4.19. The van der Waals surface area contributed by atoms with Gasteiger partial charge in [-0.3, -0.25) is 0 Å². The molecule has 6 nitrogen and oxygen atoms in total. The van der Waals surface area contributed by atoms with Crippen LogP contribution >= 0.6 is 24.0 Å². The smallest absolute Gasteiger partial charge is 0.422 e. The van der Waals surface area contributed by atoms with Crippen LogP contribution in [0.1, 0.15) is 5.56 Å². The van der Waals surface area contributed by atoms with Crippen molar-refractivity contribution in [2.45, 2.75) is 12.7 Å². The maximum atomic E-state index is 12.1. The summed E-state index contributed by atoms with van der Waals surface area (Å²) in [6.45, 7) is -1.09. The van der Waals surface area contributed by atoms with Gasteiger partial charge < -0.3 is 25.3 Å². The molecule has 0 bridgehead atoms. The summed E-state index contributed by atoms with van der Waals surface area (Å²) in [5.74, 6) is 1.48. The van der Waals surface area contributed by atoms with Gasteiger partial charge in [-0.15, -0.1) is 24.0 Å². The predicted molar refractivity (Wildman–Crippen MR) is 112 cm³/mol. The fourth-order valence-corrected chi connectivity index (χ4v) is 2.12. The first kappa shape index (κ1) is 23.7. The van der Waals surface area contributed by atoms with E-state index in [1.54, 1.807) is 37.4 Å². The van der Waals surface area contributed by atoms with Gasteiger partial charge in [0, 0.05) is 6.07 Å². The Morgan fingerprint density at radius 2 is 1.68 bits per heavy atom. The molecule has 2 rings (SSSR count). The Morgan fingerprint density at radius 3 is 2.25 bits per heavy atom. The SMILES string of the molecule is COc1ccc(OC)c(NC(N)=NCc2ccc(OCC(F)(F)F)cc2)c1.I. The molecule has 0 aliphatic heterocycles. The van der Waals surface area contributed by atoms with Gasteiger partial charge in [0.05, 0.1) is 26.5 Å². The molecule has 0 saturated heterocycles. The zero-order valence-electron chi connectivity index (χ0n) is 15.2. The van der Waals surface area contributed by atoms with E-state index in [1.807, 2.05) is 0 Å². The molecule has 0 atom stereocenters. The van der Waals surface area contributed by atoms with Crippen LogP contribution in [-0.2, 0) is 6.54 Å². The van der Waals surface area contributed by atoms with Gasteiger partial charge in [0.15, 0.2) is 12.6 Å². The van der Waals surface area contributed by atoms with Crippen molar-refractivity contribution in [3.63, 3.8) is 0 Å². The highest BCUT2D eigenvalue weighted by molar-refractivity contribution is 14.0. The zero-order chi connectivity index (χ0) is 19.9. The molecule has 0 unspecified atom stereocenters. The van der Waals surface area contributed by atoms with Crippen molar-refractivity contribution in [1.29, 1.82) is 0 Å². The highest BCUT2D eigenvalue weighted by Gasteiger charge is 2.28. The van der Waals surface area contributed by atoms with Crippen LogP contribution in [0.2, 0.25) is 0 Å². The minimum atomic E-state index is -4.37. The molecule has 0 spiro atoms. The largest absolute Gasteiger partial charge is 0.497 e. The van der Waals surface area contributed by atoms with Crippen molar-refractivity contribution < 1.29 is 27.4 Å². The standard InChI is InChI=1S/C18H20F3N3O3.HI/c1-25-14-7-8-16(26-2)15(9-14)24-17(22)23-10-12-3-5-13(6-4-12)27-11-18(19,20)21;/h3-9H,10-11H2,1-2H3,(H3,22,23,24);1H. The number of nitrogens with one attached hydrogen (secondary N) is 1. The summed E-state index contributed by atoms with van der Waals surface area (Å²) in [6.07, 6.45) is -4.37. The summed E-state index contributed by atoms with van der Waals surface area (Å²) >= 11 is 0. The van der Waals surface area contributed by atoms with E-state index in [-0.39, 0.29) is 42.2 Å². The second-order valence-electron chi connectivity index (χ2n) is 5.44. The fourth-order valence-electron chi connectivity index (χ4n) is 2.12. The van der Waals surface area contributed by atoms with E-state index in [2.05, 4.69) is 15.0 Å². The van der Waals surface area contributed by atoms with Crippen molar-refractivity contribution >= 4 is 35.6 Å². The summed E-state index contributed by atoms with van der Waals surface area (Å²) < 4.78 is 51.4. The maximum absolute atomic E-state index is 12.1. The lowest BCUT2D eigenvalue weighted by Crippen LogP contribution is -2.23. The van der Waals surface area contributed by atoms with Crippen LogP contribution in [0.5, 0.6) is 17.2 Å². The average Bonchev–Trinajstić information content (AvgIpc) is 2.65. The summed E-state index contributed by atoms with van der Waals surface area (Å²) in [4.78, 5) is 4.20. The number of nitrogens with two attached hydrogens (primary N) is 1. The molecule has 2 aromatic rings.